The highest BCUT2D eigenvalue weighted by Gasteiger charge is 2.48. The lowest BCUT2D eigenvalue weighted by atomic mass is 9.68. The molecule has 1 atom stereocenters. The van der Waals surface area contributed by atoms with Gasteiger partial charge in [0.25, 0.3) is 0 Å². The average molecular weight is 525 g/mol. The molecule has 2 aliphatic heterocycles. The van der Waals surface area contributed by atoms with Crippen molar-refractivity contribution in [2.75, 3.05) is 54.0 Å². The number of amides is 1. The number of likely N-dealkylation sites (tertiary alicyclic amines) is 1. The molecule has 1 N–H and O–H groups in total. The van der Waals surface area contributed by atoms with Crippen LogP contribution in [0.5, 0.6) is 5.75 Å². The maximum Gasteiger partial charge on any atom is 0.236 e. The van der Waals surface area contributed by atoms with Crippen molar-refractivity contribution in [3.05, 3.63) is 64.3 Å². The van der Waals surface area contributed by atoms with Crippen molar-refractivity contribution in [3.8, 4) is 5.75 Å². The summed E-state index contributed by atoms with van der Waals surface area (Å²) in [5, 5.41) is 12.7. The normalized spacial score (nSPS) is 19.5. The van der Waals surface area contributed by atoms with Crippen LogP contribution in [-0.2, 0) is 23.8 Å². The Bertz CT molecular complexity index is 1300. The number of aryl methyl sites for hydroxylation is 1. The Kier molecular flexibility index (Phi) is 7.24. The molecule has 0 unspecified atom stereocenters. The highest BCUT2D eigenvalue weighted by Crippen LogP contribution is 2.50. The van der Waals surface area contributed by atoms with Crippen molar-refractivity contribution in [1.29, 1.82) is 0 Å². The van der Waals surface area contributed by atoms with E-state index in [4.69, 9.17) is 16.3 Å². The zero-order valence-corrected chi connectivity index (χ0v) is 23.0. The van der Waals surface area contributed by atoms with Gasteiger partial charge in [-0.1, -0.05) is 29.8 Å². The predicted octanol–water partition coefficient (Wildman–Crippen LogP) is 3.81. The first-order valence-electron chi connectivity index (χ1n) is 13.0. The van der Waals surface area contributed by atoms with Crippen molar-refractivity contribution in [2.45, 2.75) is 30.8 Å². The third-order valence-corrected chi connectivity index (χ3v) is 8.64. The van der Waals surface area contributed by atoms with Gasteiger partial charge in [-0.05, 0) is 56.3 Å². The molecule has 3 heterocycles. The number of carbonyl (C=O) groups excluding carboxylic acids is 1. The molecule has 2 aromatic carbocycles. The molecule has 3 aromatic rings. The number of hydrogen-bond acceptors (Lipinski definition) is 5. The first-order chi connectivity index (χ1) is 17.8. The van der Waals surface area contributed by atoms with E-state index in [1.807, 2.05) is 48.2 Å². The van der Waals surface area contributed by atoms with Crippen LogP contribution in [0.1, 0.15) is 35.7 Å². The number of halogens is 1. The molecule has 1 amide bonds. The molecular weight excluding hydrogens is 488 g/mol. The standard InChI is InChI=1S/C29H37ClN4O3/c1-31(2)17-26(36)33-13-11-29(12-14-33)19-34(16-20-7-5-6-8-23(20)30)25(18-35)28-27(29)22-10-9-21(37-4)15-24(22)32(28)3/h5-10,15,25,35H,11-14,16-19H2,1-4H3/t25-/m1/s1. The highest BCUT2D eigenvalue weighted by molar-refractivity contribution is 6.31. The Hall–Kier alpha value is -2.58. The fraction of sp³-hybridized carbons (Fsp3) is 0.483. The summed E-state index contributed by atoms with van der Waals surface area (Å²) in [4.78, 5) is 19.2. The summed E-state index contributed by atoms with van der Waals surface area (Å²) in [6.45, 7) is 3.35. The number of aliphatic hydroxyl groups is 1. The van der Waals surface area contributed by atoms with E-state index in [0.717, 1.165) is 60.0 Å². The molecule has 8 heteroatoms. The highest BCUT2D eigenvalue weighted by atomic mass is 35.5. The second kappa shape index (κ2) is 10.3. The topological polar surface area (TPSA) is 61.2 Å². The molecule has 0 radical (unpaired) electrons. The van der Waals surface area contributed by atoms with Gasteiger partial charge < -0.3 is 24.2 Å². The van der Waals surface area contributed by atoms with Crippen LogP contribution in [0.2, 0.25) is 5.02 Å². The Labute approximate surface area is 224 Å². The third-order valence-electron chi connectivity index (χ3n) is 8.27. The largest absolute Gasteiger partial charge is 0.497 e. The number of fused-ring (bicyclic) bond motifs is 4. The van der Waals surface area contributed by atoms with Gasteiger partial charge in [0.15, 0.2) is 0 Å². The van der Waals surface area contributed by atoms with Crippen LogP contribution in [-0.4, -0.2) is 84.3 Å². The summed E-state index contributed by atoms with van der Waals surface area (Å²) in [6.07, 6.45) is 1.75. The number of aliphatic hydroxyl groups excluding tert-OH is 1. The first-order valence-corrected chi connectivity index (χ1v) is 13.3. The Morgan fingerprint density at radius 1 is 1.19 bits per heavy atom. The molecule has 5 rings (SSSR count). The summed E-state index contributed by atoms with van der Waals surface area (Å²) >= 11 is 6.58. The number of ether oxygens (including phenoxy) is 1. The molecule has 0 bridgehead atoms. The van der Waals surface area contributed by atoms with Gasteiger partial charge in [-0.15, -0.1) is 0 Å². The van der Waals surface area contributed by atoms with E-state index in [9.17, 15) is 9.90 Å². The maximum atomic E-state index is 12.9. The van der Waals surface area contributed by atoms with Gasteiger partial charge >= 0.3 is 0 Å². The lowest BCUT2D eigenvalue weighted by Crippen LogP contribution is -2.55. The minimum atomic E-state index is -0.159. The Morgan fingerprint density at radius 3 is 2.57 bits per heavy atom. The van der Waals surface area contributed by atoms with Gasteiger partial charge in [0, 0.05) is 60.8 Å². The Morgan fingerprint density at radius 2 is 1.92 bits per heavy atom. The SMILES string of the molecule is COc1ccc2c3c(n(C)c2c1)[C@@H](CO)N(Cc1ccccc1Cl)CC31CCN(C(=O)CN(C)C)CC1. The van der Waals surface area contributed by atoms with E-state index in [2.05, 4.69) is 34.7 Å². The molecule has 198 valence electrons. The molecule has 37 heavy (non-hydrogen) atoms. The van der Waals surface area contributed by atoms with Gasteiger partial charge in [-0.3, -0.25) is 9.69 Å². The van der Waals surface area contributed by atoms with Crippen LogP contribution in [0, 0.1) is 0 Å². The van der Waals surface area contributed by atoms with Crippen LogP contribution in [0.3, 0.4) is 0 Å². The number of rotatable bonds is 6. The van der Waals surface area contributed by atoms with Crippen molar-refractivity contribution in [2.24, 2.45) is 7.05 Å². The van der Waals surface area contributed by atoms with Crippen LogP contribution < -0.4 is 4.74 Å². The van der Waals surface area contributed by atoms with Gasteiger partial charge in [0.05, 0.1) is 31.8 Å². The van der Waals surface area contributed by atoms with Crippen molar-refractivity contribution in [1.82, 2.24) is 19.3 Å². The predicted molar refractivity (Wildman–Crippen MR) is 147 cm³/mol. The minimum Gasteiger partial charge on any atom is -0.497 e. The van der Waals surface area contributed by atoms with Crippen molar-refractivity contribution >= 4 is 28.4 Å². The molecule has 1 spiro atoms. The molecular formula is C29H37ClN4O3. The number of hydrogen-bond donors (Lipinski definition) is 1. The molecule has 1 aromatic heterocycles. The number of benzene rings is 2. The summed E-state index contributed by atoms with van der Waals surface area (Å²) in [5.41, 5.74) is 4.50. The maximum absolute atomic E-state index is 12.9. The number of carbonyl (C=O) groups is 1. The fourth-order valence-corrected chi connectivity index (χ4v) is 6.63. The van der Waals surface area contributed by atoms with Gasteiger partial charge in [0.1, 0.15) is 5.75 Å². The molecule has 1 fully saturated rings. The molecule has 0 aliphatic carbocycles. The van der Waals surface area contributed by atoms with Crippen molar-refractivity contribution < 1.29 is 14.6 Å². The number of likely N-dealkylation sites (N-methyl/N-ethyl adjacent to an activating group) is 1. The second-order valence-corrected chi connectivity index (χ2v) is 11.2. The Balaban J connectivity index is 1.60. The van der Waals surface area contributed by atoms with Crippen LogP contribution in [0.4, 0.5) is 0 Å². The van der Waals surface area contributed by atoms with Crippen molar-refractivity contribution in [3.63, 3.8) is 0 Å². The van der Waals surface area contributed by atoms with E-state index in [1.165, 1.54) is 10.9 Å². The van der Waals surface area contributed by atoms with E-state index in [0.29, 0.717) is 13.1 Å². The number of aromatic nitrogens is 1. The summed E-state index contributed by atoms with van der Waals surface area (Å²) in [6, 6.07) is 14.1. The molecule has 1 saturated heterocycles. The minimum absolute atomic E-state index is 0.0161. The number of methoxy groups -OCH3 is 1. The lowest BCUT2D eigenvalue weighted by Gasteiger charge is -2.50. The summed E-state index contributed by atoms with van der Waals surface area (Å²) in [7, 11) is 7.64. The van der Waals surface area contributed by atoms with Crippen LogP contribution in [0.15, 0.2) is 42.5 Å². The molecule has 2 aliphatic rings. The zero-order chi connectivity index (χ0) is 26.3. The van der Waals surface area contributed by atoms with E-state index in [1.54, 1.807) is 7.11 Å². The summed E-state index contributed by atoms with van der Waals surface area (Å²) in [5.74, 6) is 0.997. The average Bonchev–Trinajstić information content (AvgIpc) is 3.18. The van der Waals surface area contributed by atoms with Gasteiger partial charge in [-0.2, -0.15) is 0 Å². The molecule has 7 nitrogen and oxygen atoms in total. The fourth-order valence-electron chi connectivity index (χ4n) is 6.44. The van der Waals surface area contributed by atoms with Gasteiger partial charge in [-0.25, -0.2) is 0 Å². The first kappa shape index (κ1) is 26.0. The lowest BCUT2D eigenvalue weighted by molar-refractivity contribution is -0.133. The quantitative estimate of drug-likeness (QED) is 0.531. The smallest absolute Gasteiger partial charge is 0.236 e. The number of nitrogens with zero attached hydrogens (tertiary/aromatic N) is 4. The molecule has 0 saturated carbocycles. The second-order valence-electron chi connectivity index (χ2n) is 10.8. The monoisotopic (exact) mass is 524 g/mol. The third kappa shape index (κ3) is 4.63. The van der Waals surface area contributed by atoms with E-state index in [-0.39, 0.29) is 24.0 Å². The van der Waals surface area contributed by atoms with Crippen LogP contribution >= 0.6 is 11.6 Å². The zero-order valence-electron chi connectivity index (χ0n) is 22.2. The van der Waals surface area contributed by atoms with E-state index >= 15 is 0 Å². The van der Waals surface area contributed by atoms with Gasteiger partial charge in [0.2, 0.25) is 5.91 Å². The van der Waals surface area contributed by atoms with E-state index < -0.39 is 0 Å². The number of piperidine rings is 1. The van der Waals surface area contributed by atoms with Crippen LogP contribution in [0.25, 0.3) is 10.9 Å². The summed E-state index contributed by atoms with van der Waals surface area (Å²) < 4.78 is 7.78.